The van der Waals surface area contributed by atoms with Gasteiger partial charge >= 0.3 is 5.97 Å². The van der Waals surface area contributed by atoms with Gasteiger partial charge in [0.15, 0.2) is 11.5 Å². The van der Waals surface area contributed by atoms with Crippen LogP contribution in [0, 0.1) is 5.82 Å². The van der Waals surface area contributed by atoms with Gasteiger partial charge in [-0.2, -0.15) is 0 Å². The van der Waals surface area contributed by atoms with E-state index < -0.39 is 50.8 Å². The lowest BCUT2D eigenvalue weighted by atomic mass is 9.89. The second-order valence-electron chi connectivity index (χ2n) is 4.55. The van der Waals surface area contributed by atoms with Crippen LogP contribution in [-0.2, 0) is 17.1 Å². The summed E-state index contributed by atoms with van der Waals surface area (Å²) in [4.78, 5) is 9.82. The van der Waals surface area contributed by atoms with Crippen LogP contribution >= 0.6 is 0 Å². The topological polar surface area (TPSA) is 88.4 Å². The highest BCUT2D eigenvalue weighted by Gasteiger charge is 2.50. The first kappa shape index (κ1) is 14.9. The van der Waals surface area contributed by atoms with E-state index in [1.807, 2.05) is 0 Å². The molecule has 0 spiro atoms. The number of hydrogen-bond acceptors (Lipinski definition) is 3. The Hall–Kier alpha value is -1.55. The summed E-state index contributed by atoms with van der Waals surface area (Å²) in [6.07, 6.45) is 0.224. The van der Waals surface area contributed by atoms with Crippen molar-refractivity contribution in [1.82, 2.24) is 9.29 Å². The maximum absolute atomic E-state index is 13.8. The van der Waals surface area contributed by atoms with Gasteiger partial charge in [0.2, 0.25) is 10.0 Å². The first-order valence-corrected chi connectivity index (χ1v) is 7.03. The molecular formula is C10H11F3N2O4S. The average molecular weight is 312 g/mol. The van der Waals surface area contributed by atoms with E-state index >= 15 is 0 Å². The molecular weight excluding hydrogens is 301 g/mol. The molecule has 1 aliphatic rings. The number of rotatable bonds is 4. The molecule has 10 heteroatoms. The van der Waals surface area contributed by atoms with Gasteiger partial charge in [0, 0.05) is 19.7 Å². The lowest BCUT2D eigenvalue weighted by Crippen LogP contribution is -2.54. The zero-order chi connectivity index (χ0) is 15.3. The first-order valence-electron chi connectivity index (χ1n) is 5.54. The molecule has 1 fully saturated rings. The number of hydrogen-bond donors (Lipinski definition) is 2. The third kappa shape index (κ3) is 2.29. The minimum Gasteiger partial charge on any atom is -0.476 e. The van der Waals surface area contributed by atoms with Gasteiger partial charge < -0.3 is 9.67 Å². The van der Waals surface area contributed by atoms with Gasteiger partial charge in [-0.1, -0.05) is 0 Å². The molecule has 20 heavy (non-hydrogen) atoms. The Morgan fingerprint density at radius 2 is 2.15 bits per heavy atom. The number of aromatic carboxylic acids is 1. The molecule has 1 aliphatic carbocycles. The second kappa shape index (κ2) is 4.48. The lowest BCUT2D eigenvalue weighted by Gasteiger charge is -2.36. The lowest BCUT2D eigenvalue weighted by molar-refractivity contribution is -0.0979. The summed E-state index contributed by atoms with van der Waals surface area (Å²) in [5.41, 5.74) is -0.856. The summed E-state index contributed by atoms with van der Waals surface area (Å²) in [6, 6.07) is -1.60. The Morgan fingerprint density at radius 1 is 1.55 bits per heavy atom. The number of carboxylic acids is 1. The van der Waals surface area contributed by atoms with Crippen molar-refractivity contribution in [2.45, 2.75) is 29.7 Å². The summed E-state index contributed by atoms with van der Waals surface area (Å²) in [6.45, 7) is 0. The minimum absolute atomic E-state index is 0.0630. The molecule has 0 saturated heterocycles. The van der Waals surface area contributed by atoms with Crippen molar-refractivity contribution in [2.24, 2.45) is 7.05 Å². The van der Waals surface area contributed by atoms with Crippen LogP contribution in [-0.4, -0.2) is 36.0 Å². The van der Waals surface area contributed by atoms with Gasteiger partial charge in [-0.15, -0.1) is 0 Å². The summed E-state index contributed by atoms with van der Waals surface area (Å²) in [7, 11) is -3.40. The van der Waals surface area contributed by atoms with E-state index in [1.54, 1.807) is 4.72 Å². The largest absolute Gasteiger partial charge is 0.476 e. The summed E-state index contributed by atoms with van der Waals surface area (Å²) < 4.78 is 66.0. The van der Waals surface area contributed by atoms with Gasteiger partial charge in [-0.05, 0) is 6.42 Å². The fourth-order valence-corrected chi connectivity index (χ4v) is 3.32. The van der Waals surface area contributed by atoms with Crippen LogP contribution < -0.4 is 4.72 Å². The Bertz CT molecular complexity index is 668. The molecule has 1 unspecified atom stereocenters. The number of carboxylic acid groups (broad SMARTS) is 1. The normalized spacial score (nSPS) is 21.5. The van der Waals surface area contributed by atoms with Crippen LogP contribution in [0.4, 0.5) is 13.2 Å². The Morgan fingerprint density at radius 3 is 2.50 bits per heavy atom. The maximum atomic E-state index is 13.8. The van der Waals surface area contributed by atoms with E-state index in [-0.39, 0.29) is 6.42 Å². The van der Waals surface area contributed by atoms with Crippen LogP contribution in [0.15, 0.2) is 11.1 Å². The van der Waals surface area contributed by atoms with Crippen LogP contribution in [0.25, 0.3) is 0 Å². The molecule has 2 N–H and O–H groups in total. The summed E-state index contributed by atoms with van der Waals surface area (Å²) in [5.74, 6) is -6.30. The number of nitrogens with zero attached hydrogens (tertiary/aromatic N) is 1. The Labute approximate surface area is 112 Å². The first-order chi connectivity index (χ1) is 9.06. The highest BCUT2D eigenvalue weighted by atomic mass is 32.2. The Kier molecular flexibility index (Phi) is 3.33. The third-order valence-corrected chi connectivity index (χ3v) is 4.61. The van der Waals surface area contributed by atoms with E-state index in [0.29, 0.717) is 0 Å². The van der Waals surface area contributed by atoms with E-state index in [9.17, 15) is 26.4 Å². The number of halogens is 3. The monoisotopic (exact) mass is 312 g/mol. The number of nitrogens with one attached hydrogen (secondary N) is 1. The number of aryl methyl sites for hydroxylation is 1. The van der Waals surface area contributed by atoms with Gasteiger partial charge in [-0.25, -0.2) is 31.1 Å². The van der Waals surface area contributed by atoms with E-state index in [4.69, 9.17) is 5.11 Å². The summed E-state index contributed by atoms with van der Waals surface area (Å²) in [5, 5.41) is 8.75. The van der Waals surface area contributed by atoms with Crippen molar-refractivity contribution in [3.8, 4) is 0 Å². The van der Waals surface area contributed by atoms with Crippen molar-refractivity contribution in [3.63, 3.8) is 0 Å². The van der Waals surface area contributed by atoms with Crippen molar-refractivity contribution >= 4 is 16.0 Å². The second-order valence-corrected chi connectivity index (χ2v) is 6.23. The maximum Gasteiger partial charge on any atom is 0.355 e. The van der Waals surface area contributed by atoms with Crippen molar-refractivity contribution in [2.75, 3.05) is 0 Å². The standard InChI is InChI=1S/C10H11F3N2O4S/c1-15-4-5(7(11)8(15)9(16)17)20(18,19)14-6-2-3-10(6,12)13/h4,6,14H,2-3H2,1H3,(H,16,17). The van der Waals surface area contributed by atoms with Crippen LogP contribution in [0.5, 0.6) is 0 Å². The molecule has 1 aromatic rings. The molecule has 1 atom stereocenters. The fraction of sp³-hybridized carbons (Fsp3) is 0.500. The number of sulfonamides is 1. The quantitative estimate of drug-likeness (QED) is 0.866. The molecule has 0 radical (unpaired) electrons. The SMILES string of the molecule is Cn1cc(S(=O)(=O)NC2CCC2(F)F)c(F)c1C(=O)O. The minimum atomic E-state index is -4.55. The molecule has 1 heterocycles. The molecule has 0 aromatic carbocycles. The fourth-order valence-electron chi connectivity index (χ4n) is 1.90. The van der Waals surface area contributed by atoms with Crippen molar-refractivity contribution < 1.29 is 31.5 Å². The molecule has 0 aliphatic heterocycles. The predicted molar refractivity (Wildman–Crippen MR) is 60.6 cm³/mol. The summed E-state index contributed by atoms with van der Waals surface area (Å²) >= 11 is 0. The highest BCUT2D eigenvalue weighted by Crippen LogP contribution is 2.38. The van der Waals surface area contributed by atoms with Gasteiger partial charge in [0.25, 0.3) is 5.92 Å². The molecule has 112 valence electrons. The van der Waals surface area contributed by atoms with Crippen molar-refractivity contribution in [1.29, 1.82) is 0 Å². The average Bonchev–Trinajstić information content (AvgIpc) is 2.61. The Balaban J connectivity index is 2.36. The van der Waals surface area contributed by atoms with Crippen LogP contribution in [0.1, 0.15) is 23.3 Å². The van der Waals surface area contributed by atoms with Crippen LogP contribution in [0.3, 0.4) is 0 Å². The third-order valence-electron chi connectivity index (χ3n) is 3.15. The molecule has 0 amide bonds. The van der Waals surface area contributed by atoms with E-state index in [0.717, 1.165) is 17.8 Å². The predicted octanol–water partition coefficient (Wildman–Crippen LogP) is 0.938. The van der Waals surface area contributed by atoms with Gasteiger partial charge in [0.1, 0.15) is 4.90 Å². The number of aromatic nitrogens is 1. The van der Waals surface area contributed by atoms with Gasteiger partial charge in [0.05, 0.1) is 6.04 Å². The zero-order valence-corrected chi connectivity index (χ0v) is 11.0. The van der Waals surface area contributed by atoms with E-state index in [1.165, 1.54) is 0 Å². The molecule has 1 aromatic heterocycles. The highest BCUT2D eigenvalue weighted by molar-refractivity contribution is 7.89. The molecule has 1 saturated carbocycles. The molecule has 6 nitrogen and oxygen atoms in total. The smallest absolute Gasteiger partial charge is 0.355 e. The number of carbonyl (C=O) groups is 1. The molecule has 2 rings (SSSR count). The zero-order valence-electron chi connectivity index (χ0n) is 10.2. The molecule has 0 bridgehead atoms. The number of alkyl halides is 2. The van der Waals surface area contributed by atoms with Crippen LogP contribution in [0.2, 0.25) is 0 Å². The van der Waals surface area contributed by atoms with Crippen molar-refractivity contribution in [3.05, 3.63) is 17.7 Å². The van der Waals surface area contributed by atoms with E-state index in [2.05, 4.69) is 0 Å². The van der Waals surface area contributed by atoms with Gasteiger partial charge in [-0.3, -0.25) is 0 Å².